The fraction of sp³-hybridized carbons (Fsp3) is 0.222. The number of benzene rings is 2. The molecule has 0 atom stereocenters. The predicted molar refractivity (Wildman–Crippen MR) is 101 cm³/mol. The maximum atomic E-state index is 9.74. The second kappa shape index (κ2) is 8.48. The molecule has 2 rings (SSSR count). The van der Waals surface area contributed by atoms with Crippen molar-refractivity contribution >= 4 is 34.7 Å². The van der Waals surface area contributed by atoms with Crippen LogP contribution in [0.1, 0.15) is 27.8 Å². The summed E-state index contributed by atoms with van der Waals surface area (Å²) in [5.74, 6) is 0.579. The summed E-state index contributed by atoms with van der Waals surface area (Å²) in [6.07, 6.45) is 3.70. The maximum Gasteiger partial charge on any atom is 0.125 e. The van der Waals surface area contributed by atoms with Crippen LogP contribution in [0.5, 0.6) is 11.5 Å². The molecule has 0 unspecified atom stereocenters. The zero-order valence-corrected chi connectivity index (χ0v) is 15.3. The molecule has 0 fully saturated rings. The summed E-state index contributed by atoms with van der Waals surface area (Å²) in [6, 6.07) is 6.88. The number of ether oxygens (including phenoxy) is 1. The fourth-order valence-corrected chi connectivity index (χ4v) is 3.02. The molecule has 5 nitrogen and oxygen atoms in total. The third-order valence-corrected chi connectivity index (χ3v) is 4.63. The zero-order chi connectivity index (χ0) is 17.7. The van der Waals surface area contributed by atoms with E-state index >= 15 is 0 Å². The molecule has 0 saturated carbocycles. The molecular weight excluding hydrogens is 423 g/mol. The van der Waals surface area contributed by atoms with E-state index in [0.29, 0.717) is 22.4 Å². The van der Waals surface area contributed by atoms with E-state index in [0.717, 1.165) is 14.7 Å². The van der Waals surface area contributed by atoms with E-state index in [1.807, 2.05) is 12.2 Å². The first kappa shape index (κ1) is 18.7. The average molecular weight is 442 g/mol. The highest BCUT2D eigenvalue weighted by Crippen LogP contribution is 2.28. The van der Waals surface area contributed by atoms with Gasteiger partial charge in [0.25, 0.3) is 0 Å². The molecule has 0 aliphatic heterocycles. The van der Waals surface area contributed by atoms with Crippen molar-refractivity contribution in [1.82, 2.24) is 0 Å². The molecule has 0 aliphatic carbocycles. The van der Waals surface area contributed by atoms with E-state index in [2.05, 4.69) is 22.6 Å². The van der Waals surface area contributed by atoms with Gasteiger partial charge in [0.15, 0.2) is 0 Å². The van der Waals surface area contributed by atoms with Crippen molar-refractivity contribution in [3.8, 4) is 11.5 Å². The standard InChI is InChI=1S/C18H19IO5/c1-24-18-5-11(4-13(8-20)15(18)10-22)2-3-12-6-14(9-21)17(23)7-16(12)19/h2-7,20-23H,8-10H2,1H3. The quantitative estimate of drug-likeness (QED) is 0.408. The van der Waals surface area contributed by atoms with Crippen molar-refractivity contribution in [1.29, 1.82) is 0 Å². The van der Waals surface area contributed by atoms with Crippen LogP contribution >= 0.6 is 22.6 Å². The van der Waals surface area contributed by atoms with E-state index in [-0.39, 0.29) is 25.6 Å². The molecule has 4 N–H and O–H groups in total. The predicted octanol–water partition coefficient (Wildman–Crippen LogP) is 2.65. The molecule has 24 heavy (non-hydrogen) atoms. The maximum absolute atomic E-state index is 9.74. The lowest BCUT2D eigenvalue weighted by atomic mass is 10.0. The fourth-order valence-electron chi connectivity index (χ4n) is 2.39. The van der Waals surface area contributed by atoms with Gasteiger partial charge in [-0.2, -0.15) is 0 Å². The summed E-state index contributed by atoms with van der Waals surface area (Å²) in [6.45, 7) is -0.643. The topological polar surface area (TPSA) is 90.2 Å². The molecule has 6 heteroatoms. The van der Waals surface area contributed by atoms with Gasteiger partial charge in [-0.3, -0.25) is 0 Å². The number of aliphatic hydroxyl groups is 3. The SMILES string of the molecule is COc1cc(C=Cc2cc(CO)c(O)cc2I)cc(CO)c1CO. The van der Waals surface area contributed by atoms with Gasteiger partial charge in [0, 0.05) is 14.7 Å². The van der Waals surface area contributed by atoms with Crippen molar-refractivity contribution < 1.29 is 25.2 Å². The van der Waals surface area contributed by atoms with Crippen LogP contribution in [-0.2, 0) is 19.8 Å². The molecule has 2 aromatic carbocycles. The molecule has 2 aromatic rings. The molecule has 0 aliphatic rings. The first-order valence-corrected chi connectivity index (χ1v) is 8.33. The van der Waals surface area contributed by atoms with Crippen LogP contribution in [0.3, 0.4) is 0 Å². The van der Waals surface area contributed by atoms with Gasteiger partial charge in [-0.05, 0) is 63.5 Å². The number of methoxy groups -OCH3 is 1. The van der Waals surface area contributed by atoms with Gasteiger partial charge in [-0.1, -0.05) is 12.2 Å². The van der Waals surface area contributed by atoms with Crippen LogP contribution in [0, 0.1) is 3.57 Å². The number of rotatable bonds is 6. The van der Waals surface area contributed by atoms with Gasteiger partial charge in [0.05, 0.1) is 26.9 Å². The van der Waals surface area contributed by atoms with E-state index in [9.17, 15) is 20.4 Å². The van der Waals surface area contributed by atoms with Crippen LogP contribution in [0.4, 0.5) is 0 Å². The minimum absolute atomic E-state index is 0.0654. The molecule has 0 bridgehead atoms. The van der Waals surface area contributed by atoms with E-state index in [4.69, 9.17) is 4.74 Å². The normalized spacial score (nSPS) is 11.2. The highest BCUT2D eigenvalue weighted by atomic mass is 127. The van der Waals surface area contributed by atoms with Gasteiger partial charge >= 0.3 is 0 Å². The molecule has 0 amide bonds. The molecule has 0 heterocycles. The lowest BCUT2D eigenvalue weighted by Gasteiger charge is -2.12. The van der Waals surface area contributed by atoms with E-state index in [1.54, 1.807) is 24.3 Å². The second-order valence-corrected chi connectivity index (χ2v) is 6.33. The molecule has 0 spiro atoms. The van der Waals surface area contributed by atoms with Crippen molar-refractivity contribution in [3.63, 3.8) is 0 Å². The van der Waals surface area contributed by atoms with Gasteiger partial charge in [-0.15, -0.1) is 0 Å². The number of aliphatic hydroxyl groups excluding tert-OH is 3. The number of hydrogen-bond donors (Lipinski definition) is 4. The first-order chi connectivity index (χ1) is 11.5. The number of hydrogen-bond acceptors (Lipinski definition) is 5. The Balaban J connectivity index is 2.42. The van der Waals surface area contributed by atoms with Gasteiger partial charge in [-0.25, -0.2) is 0 Å². The molecule has 0 saturated heterocycles. The van der Waals surface area contributed by atoms with Crippen molar-refractivity contribution in [3.05, 3.63) is 55.7 Å². The molecule has 0 radical (unpaired) electrons. The Kier molecular flexibility index (Phi) is 6.61. The van der Waals surface area contributed by atoms with Crippen LogP contribution in [-0.4, -0.2) is 27.5 Å². The van der Waals surface area contributed by atoms with E-state index < -0.39 is 0 Å². The Morgan fingerprint density at radius 1 is 0.958 bits per heavy atom. The minimum atomic E-state index is -0.239. The number of halogens is 1. The number of phenols is 1. The minimum Gasteiger partial charge on any atom is -0.508 e. The van der Waals surface area contributed by atoms with Crippen LogP contribution in [0.25, 0.3) is 12.2 Å². The van der Waals surface area contributed by atoms with Crippen molar-refractivity contribution in [2.45, 2.75) is 19.8 Å². The monoisotopic (exact) mass is 442 g/mol. The lowest BCUT2D eigenvalue weighted by Crippen LogP contribution is -1.99. The molecular formula is C18H19IO5. The Morgan fingerprint density at radius 3 is 2.25 bits per heavy atom. The molecule has 0 aromatic heterocycles. The highest BCUT2D eigenvalue weighted by molar-refractivity contribution is 14.1. The Morgan fingerprint density at radius 2 is 1.67 bits per heavy atom. The first-order valence-electron chi connectivity index (χ1n) is 7.25. The van der Waals surface area contributed by atoms with Crippen LogP contribution in [0.15, 0.2) is 24.3 Å². The van der Waals surface area contributed by atoms with Gasteiger partial charge in [0.2, 0.25) is 0 Å². The number of aromatic hydroxyl groups is 1. The smallest absolute Gasteiger partial charge is 0.125 e. The van der Waals surface area contributed by atoms with Crippen molar-refractivity contribution in [2.24, 2.45) is 0 Å². The van der Waals surface area contributed by atoms with Crippen molar-refractivity contribution in [2.75, 3.05) is 7.11 Å². The van der Waals surface area contributed by atoms with Gasteiger partial charge in [0.1, 0.15) is 11.5 Å². The molecule has 128 valence electrons. The largest absolute Gasteiger partial charge is 0.508 e. The second-order valence-electron chi connectivity index (χ2n) is 5.17. The lowest BCUT2D eigenvalue weighted by molar-refractivity contribution is 0.254. The highest BCUT2D eigenvalue weighted by Gasteiger charge is 2.10. The van der Waals surface area contributed by atoms with Crippen LogP contribution in [0.2, 0.25) is 0 Å². The zero-order valence-electron chi connectivity index (χ0n) is 13.2. The summed E-state index contributed by atoms with van der Waals surface area (Å²) in [5.41, 5.74) is 3.29. The Bertz CT molecular complexity index is 730. The van der Waals surface area contributed by atoms with Gasteiger partial charge < -0.3 is 25.2 Å². The third-order valence-electron chi connectivity index (χ3n) is 3.70. The third kappa shape index (κ3) is 4.07. The summed E-state index contributed by atoms with van der Waals surface area (Å²) in [7, 11) is 1.51. The average Bonchev–Trinajstić information content (AvgIpc) is 2.59. The summed E-state index contributed by atoms with van der Waals surface area (Å²) < 4.78 is 6.12. The van der Waals surface area contributed by atoms with Crippen LogP contribution < -0.4 is 4.74 Å². The summed E-state index contributed by atoms with van der Waals surface area (Å²) in [5, 5.41) is 37.9. The Hall–Kier alpha value is -1.61. The van der Waals surface area contributed by atoms with E-state index in [1.165, 1.54) is 7.11 Å². The summed E-state index contributed by atoms with van der Waals surface area (Å²) >= 11 is 2.11. The Labute approximate surface area is 154 Å². The summed E-state index contributed by atoms with van der Waals surface area (Å²) in [4.78, 5) is 0.